The highest BCUT2D eigenvalue weighted by molar-refractivity contribution is 7.13. The van der Waals surface area contributed by atoms with Crippen molar-refractivity contribution < 1.29 is 22.7 Å². The maximum atomic E-state index is 12.8. The fourth-order valence-electron chi connectivity index (χ4n) is 2.60. The third kappa shape index (κ3) is 5.82. The standard InChI is InChI=1S/C22H21F3N2O2S/c1-14(2)11-26-20(28)19-13-30-21(27-19)16-6-8-18(9-7-16)29-12-15-4-3-5-17(10-15)22(23,24)25/h3-10,13-14H,11-12H2,1-2H3,(H,26,28). The van der Waals surface area contributed by atoms with Gasteiger partial charge in [-0.3, -0.25) is 4.79 Å². The number of amides is 1. The maximum absolute atomic E-state index is 12.8. The van der Waals surface area contributed by atoms with Gasteiger partial charge in [0, 0.05) is 17.5 Å². The van der Waals surface area contributed by atoms with Crippen LogP contribution >= 0.6 is 11.3 Å². The van der Waals surface area contributed by atoms with Crippen molar-refractivity contribution in [2.45, 2.75) is 26.6 Å². The van der Waals surface area contributed by atoms with Crippen LogP contribution < -0.4 is 10.1 Å². The quantitative estimate of drug-likeness (QED) is 0.512. The summed E-state index contributed by atoms with van der Waals surface area (Å²) < 4.78 is 44.0. The van der Waals surface area contributed by atoms with Gasteiger partial charge < -0.3 is 10.1 Å². The number of carbonyl (C=O) groups is 1. The first-order chi connectivity index (χ1) is 14.2. The van der Waals surface area contributed by atoms with Crippen molar-refractivity contribution >= 4 is 17.2 Å². The summed E-state index contributed by atoms with van der Waals surface area (Å²) in [4.78, 5) is 16.5. The van der Waals surface area contributed by atoms with E-state index in [9.17, 15) is 18.0 Å². The number of halogens is 3. The van der Waals surface area contributed by atoms with Gasteiger partial charge in [-0.05, 0) is 47.9 Å². The van der Waals surface area contributed by atoms with E-state index in [1.54, 1.807) is 35.7 Å². The Morgan fingerprint density at radius 2 is 1.90 bits per heavy atom. The van der Waals surface area contributed by atoms with Gasteiger partial charge in [0.15, 0.2) is 0 Å². The summed E-state index contributed by atoms with van der Waals surface area (Å²) in [5.41, 5.74) is 0.941. The monoisotopic (exact) mass is 434 g/mol. The van der Waals surface area contributed by atoms with E-state index in [0.717, 1.165) is 17.7 Å². The number of carbonyl (C=O) groups excluding carboxylic acids is 1. The lowest BCUT2D eigenvalue weighted by Crippen LogP contribution is -2.27. The minimum atomic E-state index is -4.38. The minimum absolute atomic E-state index is 0.0285. The summed E-state index contributed by atoms with van der Waals surface area (Å²) >= 11 is 1.37. The van der Waals surface area contributed by atoms with Crippen molar-refractivity contribution in [2.75, 3.05) is 6.54 Å². The number of rotatable bonds is 7. The highest BCUT2D eigenvalue weighted by Gasteiger charge is 2.30. The Bertz CT molecular complexity index is 998. The highest BCUT2D eigenvalue weighted by Crippen LogP contribution is 2.30. The lowest BCUT2D eigenvalue weighted by molar-refractivity contribution is -0.137. The minimum Gasteiger partial charge on any atom is -0.489 e. The van der Waals surface area contributed by atoms with Gasteiger partial charge in [0.1, 0.15) is 23.1 Å². The number of hydrogen-bond donors (Lipinski definition) is 1. The zero-order chi connectivity index (χ0) is 21.7. The second kappa shape index (κ2) is 9.30. The zero-order valence-corrected chi connectivity index (χ0v) is 17.3. The van der Waals surface area contributed by atoms with Crippen LogP contribution in [0.4, 0.5) is 13.2 Å². The van der Waals surface area contributed by atoms with Crippen LogP contribution in [-0.2, 0) is 12.8 Å². The van der Waals surface area contributed by atoms with Crippen molar-refractivity contribution in [1.82, 2.24) is 10.3 Å². The van der Waals surface area contributed by atoms with Gasteiger partial charge in [0.2, 0.25) is 0 Å². The Kier molecular flexibility index (Phi) is 6.77. The first kappa shape index (κ1) is 21.8. The van der Waals surface area contributed by atoms with Crippen LogP contribution in [-0.4, -0.2) is 17.4 Å². The Labute approximate surface area is 176 Å². The lowest BCUT2D eigenvalue weighted by Gasteiger charge is -2.10. The summed E-state index contributed by atoms with van der Waals surface area (Å²) in [5.74, 6) is 0.686. The highest BCUT2D eigenvalue weighted by atomic mass is 32.1. The van der Waals surface area contributed by atoms with Crippen LogP contribution in [0.1, 0.15) is 35.5 Å². The predicted octanol–water partition coefficient (Wildman–Crippen LogP) is 5.79. The average Bonchev–Trinajstić information content (AvgIpc) is 3.21. The van der Waals surface area contributed by atoms with Crippen LogP contribution in [0.2, 0.25) is 0 Å². The molecule has 0 atom stereocenters. The molecule has 1 amide bonds. The molecule has 30 heavy (non-hydrogen) atoms. The van der Waals surface area contributed by atoms with E-state index in [2.05, 4.69) is 10.3 Å². The van der Waals surface area contributed by atoms with Gasteiger partial charge in [0.05, 0.1) is 5.56 Å². The third-order valence-electron chi connectivity index (χ3n) is 4.17. The number of aromatic nitrogens is 1. The molecule has 0 fully saturated rings. The number of thiazole rings is 1. The summed E-state index contributed by atoms with van der Waals surface area (Å²) in [6.07, 6.45) is -4.38. The molecule has 8 heteroatoms. The van der Waals surface area contributed by atoms with Crippen LogP contribution in [0.5, 0.6) is 5.75 Å². The van der Waals surface area contributed by atoms with E-state index in [-0.39, 0.29) is 12.5 Å². The second-order valence-corrected chi connectivity index (χ2v) is 8.01. The Hall–Kier alpha value is -2.87. The molecule has 0 saturated heterocycles. The SMILES string of the molecule is CC(C)CNC(=O)c1csc(-c2ccc(OCc3cccc(C(F)(F)F)c3)cc2)n1. The molecule has 0 radical (unpaired) electrons. The number of ether oxygens (including phenoxy) is 1. The normalized spacial score (nSPS) is 11.5. The molecule has 1 aromatic heterocycles. The molecule has 0 spiro atoms. The molecule has 0 bridgehead atoms. The summed E-state index contributed by atoms with van der Waals surface area (Å²) in [6, 6.07) is 12.1. The molecule has 0 saturated carbocycles. The Morgan fingerprint density at radius 1 is 1.17 bits per heavy atom. The number of benzene rings is 2. The first-order valence-electron chi connectivity index (χ1n) is 9.35. The zero-order valence-electron chi connectivity index (χ0n) is 16.5. The maximum Gasteiger partial charge on any atom is 0.416 e. The molecule has 3 rings (SSSR count). The first-order valence-corrected chi connectivity index (χ1v) is 10.2. The molecule has 0 aliphatic heterocycles. The molecule has 3 aromatic rings. The van der Waals surface area contributed by atoms with E-state index in [1.165, 1.54) is 17.4 Å². The van der Waals surface area contributed by atoms with Crippen LogP contribution in [0.25, 0.3) is 10.6 Å². The molecule has 1 N–H and O–H groups in total. The van der Waals surface area contributed by atoms with E-state index in [1.807, 2.05) is 13.8 Å². The van der Waals surface area contributed by atoms with Crippen LogP contribution in [0.3, 0.4) is 0 Å². The van der Waals surface area contributed by atoms with Crippen LogP contribution in [0.15, 0.2) is 53.9 Å². The molecule has 1 heterocycles. The van der Waals surface area contributed by atoms with Gasteiger partial charge in [-0.1, -0.05) is 26.0 Å². The molecule has 158 valence electrons. The van der Waals surface area contributed by atoms with Crippen molar-refractivity contribution in [1.29, 1.82) is 0 Å². The van der Waals surface area contributed by atoms with Gasteiger partial charge >= 0.3 is 6.18 Å². The van der Waals surface area contributed by atoms with E-state index >= 15 is 0 Å². The predicted molar refractivity (Wildman–Crippen MR) is 110 cm³/mol. The Balaban J connectivity index is 1.61. The molecular weight excluding hydrogens is 413 g/mol. The molecular formula is C22H21F3N2O2S. The van der Waals surface area contributed by atoms with E-state index in [0.29, 0.717) is 34.5 Å². The fourth-order valence-corrected chi connectivity index (χ4v) is 3.40. The average molecular weight is 434 g/mol. The number of nitrogens with zero attached hydrogens (tertiary/aromatic N) is 1. The van der Waals surface area contributed by atoms with E-state index < -0.39 is 11.7 Å². The van der Waals surface area contributed by atoms with Gasteiger partial charge in [-0.25, -0.2) is 4.98 Å². The largest absolute Gasteiger partial charge is 0.489 e. The summed E-state index contributed by atoms with van der Waals surface area (Å²) in [7, 11) is 0. The number of alkyl halides is 3. The number of hydrogen-bond acceptors (Lipinski definition) is 4. The summed E-state index contributed by atoms with van der Waals surface area (Å²) in [6.45, 7) is 4.65. The van der Waals surface area contributed by atoms with Gasteiger partial charge in [-0.2, -0.15) is 13.2 Å². The molecule has 0 aliphatic carbocycles. The van der Waals surface area contributed by atoms with Crippen LogP contribution in [0, 0.1) is 5.92 Å². The van der Waals surface area contributed by atoms with Crippen molar-refractivity contribution in [3.05, 3.63) is 70.7 Å². The molecule has 4 nitrogen and oxygen atoms in total. The second-order valence-electron chi connectivity index (χ2n) is 7.15. The van der Waals surface area contributed by atoms with E-state index in [4.69, 9.17) is 4.74 Å². The number of nitrogens with one attached hydrogen (secondary N) is 1. The third-order valence-corrected chi connectivity index (χ3v) is 5.06. The lowest BCUT2D eigenvalue weighted by atomic mass is 10.1. The van der Waals surface area contributed by atoms with Crippen molar-refractivity contribution in [2.24, 2.45) is 5.92 Å². The summed E-state index contributed by atoms with van der Waals surface area (Å²) in [5, 5.41) is 5.25. The van der Waals surface area contributed by atoms with Crippen molar-refractivity contribution in [3.8, 4) is 16.3 Å². The molecule has 0 unspecified atom stereocenters. The Morgan fingerprint density at radius 3 is 2.57 bits per heavy atom. The van der Waals surface area contributed by atoms with Gasteiger partial charge in [-0.15, -0.1) is 11.3 Å². The smallest absolute Gasteiger partial charge is 0.416 e. The topological polar surface area (TPSA) is 51.2 Å². The fraction of sp³-hybridized carbons (Fsp3) is 0.273. The molecule has 0 aliphatic rings. The molecule has 2 aromatic carbocycles. The van der Waals surface area contributed by atoms with Gasteiger partial charge in [0.25, 0.3) is 5.91 Å². The van der Waals surface area contributed by atoms with Crippen molar-refractivity contribution in [3.63, 3.8) is 0 Å².